The number of fused-ring (bicyclic) bond motifs is 1. The summed E-state index contributed by atoms with van der Waals surface area (Å²) in [6.07, 6.45) is 1.81. The van der Waals surface area contributed by atoms with Crippen LogP contribution >= 0.6 is 22.9 Å². The van der Waals surface area contributed by atoms with Gasteiger partial charge in [0.05, 0.1) is 34.8 Å². The molecule has 1 aromatic carbocycles. The van der Waals surface area contributed by atoms with E-state index in [0.717, 1.165) is 10.1 Å². The Kier molecular flexibility index (Phi) is 5.25. The minimum Gasteiger partial charge on any atom is -0.336 e. The van der Waals surface area contributed by atoms with Crippen LogP contribution in [0.1, 0.15) is 17.1 Å². The predicted octanol–water partition coefficient (Wildman–Crippen LogP) is 1.05. The molecule has 4 aromatic rings. The summed E-state index contributed by atoms with van der Waals surface area (Å²) in [7, 11) is -0.788. The van der Waals surface area contributed by atoms with Crippen LogP contribution in [-0.4, -0.2) is 35.5 Å². The van der Waals surface area contributed by atoms with Crippen molar-refractivity contribution in [3.63, 3.8) is 0 Å². The molecule has 2 N–H and O–H groups in total. The predicted molar refractivity (Wildman–Crippen MR) is 123 cm³/mol. The Morgan fingerprint density at radius 2 is 1.81 bits per heavy atom. The van der Waals surface area contributed by atoms with E-state index < -0.39 is 21.3 Å². The lowest BCUT2D eigenvalue weighted by Gasteiger charge is -2.07. The number of aromatic nitrogens is 6. The highest BCUT2D eigenvalue weighted by atomic mass is 127. The van der Waals surface area contributed by atoms with E-state index in [9.17, 15) is 18.0 Å². The van der Waals surface area contributed by atoms with E-state index in [1.54, 1.807) is 38.2 Å². The van der Waals surface area contributed by atoms with Gasteiger partial charge in [0.2, 0.25) is 0 Å². The molecule has 0 atom stereocenters. The first-order valence-electron chi connectivity index (χ1n) is 9.05. The van der Waals surface area contributed by atoms with Gasteiger partial charge in [0.1, 0.15) is 16.2 Å². The first-order chi connectivity index (χ1) is 14.6. The molecule has 0 saturated heterocycles. The van der Waals surface area contributed by atoms with Crippen LogP contribution in [0.2, 0.25) is 0 Å². The first kappa shape index (κ1) is 21.3. The first-order valence-corrected chi connectivity index (χ1v) is 11.5. The maximum atomic E-state index is 12.6. The van der Waals surface area contributed by atoms with Crippen LogP contribution in [0.3, 0.4) is 0 Å². The van der Waals surface area contributed by atoms with E-state index in [1.807, 2.05) is 22.9 Å². The molecule has 4 rings (SSSR count). The molecule has 0 spiro atoms. The van der Waals surface area contributed by atoms with E-state index >= 15 is 0 Å². The van der Waals surface area contributed by atoms with Gasteiger partial charge in [0.25, 0.3) is 15.6 Å². The number of benzene rings is 1. The summed E-state index contributed by atoms with van der Waals surface area (Å²) in [6, 6.07) is 6.82. The van der Waals surface area contributed by atoms with Crippen molar-refractivity contribution >= 4 is 49.7 Å². The van der Waals surface area contributed by atoms with Gasteiger partial charge in [-0.3, -0.25) is 18.7 Å². The van der Waals surface area contributed by atoms with Gasteiger partial charge in [0.15, 0.2) is 5.65 Å². The summed E-state index contributed by atoms with van der Waals surface area (Å²) >= 11 is 1.89. The fourth-order valence-corrected chi connectivity index (χ4v) is 5.24. The van der Waals surface area contributed by atoms with Crippen LogP contribution in [0.4, 0.5) is 5.69 Å². The third kappa shape index (κ3) is 3.89. The molecule has 0 aliphatic heterocycles. The second-order valence-electron chi connectivity index (χ2n) is 7.03. The molecule has 162 valence electrons. The third-order valence-corrected chi connectivity index (χ3v) is 6.82. The Labute approximate surface area is 190 Å². The molecule has 13 heteroatoms. The molecule has 11 nitrogen and oxygen atoms in total. The molecule has 0 amide bonds. The molecule has 0 bridgehead atoms. The van der Waals surface area contributed by atoms with Gasteiger partial charge in [-0.2, -0.15) is 5.10 Å². The fourth-order valence-electron chi connectivity index (χ4n) is 3.23. The number of H-pyrrole nitrogens is 1. The van der Waals surface area contributed by atoms with Crippen molar-refractivity contribution < 1.29 is 8.42 Å². The average Bonchev–Trinajstić information content (AvgIpc) is 3.29. The standard InChI is InChI=1S/C18H18IN7O4S/c1-10-13(9-26(19)22-10)31(29,30)23-12-6-4-11(5-7-12)8-14-20-15-16(21-14)24(2)18(28)25(3)17(15)27/h4-7,9,23H,8H2,1-3H3,(H,20,21). The van der Waals surface area contributed by atoms with E-state index in [-0.39, 0.29) is 10.4 Å². The largest absolute Gasteiger partial charge is 0.336 e. The van der Waals surface area contributed by atoms with E-state index in [4.69, 9.17) is 0 Å². The lowest BCUT2D eigenvalue weighted by Crippen LogP contribution is -2.36. The van der Waals surface area contributed by atoms with Gasteiger partial charge in [-0.05, 0) is 24.6 Å². The maximum absolute atomic E-state index is 12.6. The highest BCUT2D eigenvalue weighted by Crippen LogP contribution is 2.20. The van der Waals surface area contributed by atoms with Crippen LogP contribution in [0.15, 0.2) is 44.9 Å². The second kappa shape index (κ2) is 7.64. The van der Waals surface area contributed by atoms with Crippen LogP contribution in [0.5, 0.6) is 0 Å². The van der Waals surface area contributed by atoms with E-state index in [0.29, 0.717) is 29.3 Å². The van der Waals surface area contributed by atoms with Crippen molar-refractivity contribution in [2.45, 2.75) is 18.2 Å². The smallest absolute Gasteiger partial charge is 0.332 e. The van der Waals surface area contributed by atoms with Crippen LogP contribution < -0.4 is 16.0 Å². The summed E-state index contributed by atoms with van der Waals surface area (Å²) in [5, 5.41) is 4.05. The zero-order valence-electron chi connectivity index (χ0n) is 16.7. The summed E-state index contributed by atoms with van der Waals surface area (Å²) in [5.41, 5.74) is 1.32. The second-order valence-corrected chi connectivity index (χ2v) is 9.67. The minimum absolute atomic E-state index is 0.112. The van der Waals surface area contributed by atoms with E-state index in [1.165, 1.54) is 20.7 Å². The summed E-state index contributed by atoms with van der Waals surface area (Å²) < 4.78 is 31.5. The third-order valence-electron chi connectivity index (χ3n) is 4.84. The molecular formula is C18H18IN7O4S. The number of rotatable bonds is 5. The number of aryl methyl sites for hydroxylation is 2. The van der Waals surface area contributed by atoms with Crippen molar-refractivity contribution in [1.82, 2.24) is 27.1 Å². The van der Waals surface area contributed by atoms with Crippen LogP contribution in [-0.2, 0) is 30.5 Å². The highest BCUT2D eigenvalue weighted by molar-refractivity contribution is 14.1. The average molecular weight is 555 g/mol. The Morgan fingerprint density at radius 1 is 1.13 bits per heavy atom. The number of halogens is 1. The molecule has 0 aliphatic rings. The molecule has 31 heavy (non-hydrogen) atoms. The molecular weight excluding hydrogens is 537 g/mol. The van der Waals surface area contributed by atoms with Gasteiger partial charge in [-0.15, -0.1) is 0 Å². The van der Waals surface area contributed by atoms with E-state index in [2.05, 4.69) is 19.8 Å². The maximum Gasteiger partial charge on any atom is 0.332 e. The van der Waals surface area contributed by atoms with Gasteiger partial charge in [-0.25, -0.2) is 21.1 Å². The normalized spacial score (nSPS) is 11.9. The number of imidazole rings is 1. The zero-order valence-corrected chi connectivity index (χ0v) is 19.7. The molecule has 3 aromatic heterocycles. The fraction of sp³-hybridized carbons (Fsp3) is 0.222. The van der Waals surface area contributed by atoms with Crippen molar-refractivity contribution in [3.05, 3.63) is 68.4 Å². The SMILES string of the molecule is Cc1nn(I)cc1S(=O)(=O)Nc1ccc(Cc2nc3c([nH]2)c(=O)n(C)c(=O)n3C)cc1. The summed E-state index contributed by atoms with van der Waals surface area (Å²) in [5.74, 6) is 0.520. The van der Waals surface area contributed by atoms with Gasteiger partial charge < -0.3 is 4.98 Å². The molecule has 0 saturated carbocycles. The molecule has 3 heterocycles. The quantitative estimate of drug-likeness (QED) is 0.354. The molecule has 0 radical (unpaired) electrons. The number of nitrogens with one attached hydrogen (secondary N) is 2. The highest BCUT2D eigenvalue weighted by Gasteiger charge is 2.20. The van der Waals surface area contributed by atoms with Crippen LogP contribution in [0.25, 0.3) is 11.2 Å². The van der Waals surface area contributed by atoms with Gasteiger partial charge >= 0.3 is 5.69 Å². The number of anilines is 1. The number of hydrogen-bond acceptors (Lipinski definition) is 6. The molecule has 0 fully saturated rings. The Balaban J connectivity index is 1.57. The number of aromatic amines is 1. The van der Waals surface area contributed by atoms with Crippen molar-refractivity contribution in [2.24, 2.45) is 14.1 Å². The lowest BCUT2D eigenvalue weighted by atomic mass is 10.1. The van der Waals surface area contributed by atoms with Crippen molar-refractivity contribution in [1.29, 1.82) is 0 Å². The van der Waals surface area contributed by atoms with Crippen molar-refractivity contribution in [2.75, 3.05) is 4.72 Å². The topological polar surface area (TPSA) is 137 Å². The molecule has 0 unspecified atom stereocenters. The molecule has 0 aliphatic carbocycles. The number of sulfonamides is 1. The summed E-state index contributed by atoms with van der Waals surface area (Å²) in [6.45, 7) is 1.63. The van der Waals surface area contributed by atoms with Crippen LogP contribution in [0, 0.1) is 6.92 Å². The summed E-state index contributed by atoms with van der Waals surface area (Å²) in [4.78, 5) is 31.8. The number of nitrogens with zero attached hydrogens (tertiary/aromatic N) is 5. The zero-order chi connectivity index (χ0) is 22.5. The van der Waals surface area contributed by atoms with Crippen molar-refractivity contribution in [3.8, 4) is 0 Å². The minimum atomic E-state index is -3.76. The lowest BCUT2D eigenvalue weighted by molar-refractivity contribution is 0.600. The van der Waals surface area contributed by atoms with Gasteiger partial charge in [0, 0.05) is 26.2 Å². The Hall–Kier alpha value is -2.94. The monoisotopic (exact) mass is 555 g/mol. The van der Waals surface area contributed by atoms with Gasteiger partial charge in [-0.1, -0.05) is 12.1 Å². The Morgan fingerprint density at radius 3 is 2.42 bits per heavy atom. The number of hydrogen-bond donors (Lipinski definition) is 2. The Bertz CT molecular complexity index is 1530.